The molecule has 1 N–H and O–H groups in total. The Balaban J connectivity index is 2.01. The summed E-state index contributed by atoms with van der Waals surface area (Å²) in [7, 11) is 2.73. The molecule has 6 nitrogen and oxygen atoms in total. The minimum atomic E-state index is -3.40. The molecule has 0 aromatic heterocycles. The lowest BCUT2D eigenvalue weighted by Gasteiger charge is -2.13. The number of ether oxygens (including phenoxy) is 2. The van der Waals surface area contributed by atoms with Gasteiger partial charge in [0, 0.05) is 27.2 Å². The predicted octanol–water partition coefficient (Wildman–Crippen LogP) is 2.90. The number of methoxy groups -OCH3 is 2. The Kier molecular flexibility index (Phi) is 6.88. The van der Waals surface area contributed by atoms with Gasteiger partial charge in [-0.05, 0) is 35.4 Å². The Bertz CT molecular complexity index is 852. The van der Waals surface area contributed by atoms with Crippen LogP contribution in [0.4, 0.5) is 0 Å². The maximum atomic E-state index is 12.1. The van der Waals surface area contributed by atoms with Crippen LogP contribution in [0, 0.1) is 0 Å². The Labute approximate surface area is 159 Å². The fraction of sp³-hybridized carbons (Fsp3) is 0.333. The summed E-state index contributed by atoms with van der Waals surface area (Å²) in [5, 5.41) is 3.79. The smallest absolute Gasteiger partial charge is 0.242 e. The molecule has 0 aliphatic rings. The van der Waals surface area contributed by atoms with Crippen molar-refractivity contribution in [3.8, 4) is 11.5 Å². The monoisotopic (exact) mass is 398 g/mol. The molecule has 0 aliphatic heterocycles. The summed E-state index contributed by atoms with van der Waals surface area (Å²) < 4.78 is 35.8. The summed E-state index contributed by atoms with van der Waals surface area (Å²) in [6.07, 6.45) is 0. The van der Waals surface area contributed by atoms with Crippen LogP contribution in [0.15, 0.2) is 41.3 Å². The van der Waals surface area contributed by atoms with Crippen molar-refractivity contribution in [3.63, 3.8) is 0 Å². The van der Waals surface area contributed by atoms with E-state index in [4.69, 9.17) is 21.1 Å². The first-order valence-corrected chi connectivity index (χ1v) is 9.74. The van der Waals surface area contributed by atoms with Crippen molar-refractivity contribution in [1.29, 1.82) is 0 Å². The van der Waals surface area contributed by atoms with Crippen LogP contribution in [0.1, 0.15) is 11.1 Å². The molecular formula is C18H23ClN2O4S. The summed E-state index contributed by atoms with van der Waals surface area (Å²) in [6.45, 7) is 1.17. The first-order valence-electron chi connectivity index (χ1n) is 7.92. The summed E-state index contributed by atoms with van der Waals surface area (Å²) in [6, 6.07) is 10.5. The number of hydrogen-bond acceptors (Lipinski definition) is 5. The molecule has 2 aromatic carbocycles. The van der Waals surface area contributed by atoms with Crippen molar-refractivity contribution in [1.82, 2.24) is 9.62 Å². The van der Waals surface area contributed by atoms with Gasteiger partial charge in [-0.1, -0.05) is 23.7 Å². The number of halogens is 1. The van der Waals surface area contributed by atoms with Crippen LogP contribution in [0.5, 0.6) is 11.5 Å². The summed E-state index contributed by atoms with van der Waals surface area (Å²) in [5.41, 5.74) is 1.94. The fourth-order valence-corrected chi connectivity index (χ4v) is 3.63. The van der Waals surface area contributed by atoms with Crippen molar-refractivity contribution in [2.75, 3.05) is 28.3 Å². The molecule has 0 saturated carbocycles. The molecule has 0 bridgehead atoms. The Morgan fingerprint density at radius 1 is 1.00 bits per heavy atom. The number of rotatable bonds is 8. The van der Waals surface area contributed by atoms with E-state index in [0.29, 0.717) is 29.6 Å². The van der Waals surface area contributed by atoms with Crippen LogP contribution in [-0.2, 0) is 23.1 Å². The minimum Gasteiger partial charge on any atom is -0.493 e. The molecular weight excluding hydrogens is 376 g/mol. The van der Waals surface area contributed by atoms with Gasteiger partial charge in [-0.25, -0.2) is 12.7 Å². The lowest BCUT2D eigenvalue weighted by molar-refractivity contribution is 0.354. The first kappa shape index (κ1) is 20.5. The second kappa shape index (κ2) is 8.73. The number of benzene rings is 2. The van der Waals surface area contributed by atoms with Gasteiger partial charge in [0.1, 0.15) is 0 Å². The highest BCUT2D eigenvalue weighted by Crippen LogP contribution is 2.35. The fourth-order valence-electron chi connectivity index (χ4n) is 2.41. The number of nitrogens with zero attached hydrogens (tertiary/aromatic N) is 1. The molecule has 0 fully saturated rings. The van der Waals surface area contributed by atoms with Gasteiger partial charge < -0.3 is 14.8 Å². The number of hydrogen-bond donors (Lipinski definition) is 1. The molecule has 0 aliphatic carbocycles. The number of nitrogens with one attached hydrogen (secondary N) is 1. The third-order valence-electron chi connectivity index (χ3n) is 3.85. The minimum absolute atomic E-state index is 0.276. The highest BCUT2D eigenvalue weighted by Gasteiger charge is 2.16. The zero-order valence-corrected chi connectivity index (χ0v) is 16.8. The molecule has 0 spiro atoms. The SMILES string of the molecule is COc1cc(CNCc2ccc(S(=O)(=O)N(C)C)cc2)cc(Cl)c1OC. The van der Waals surface area contributed by atoms with E-state index in [9.17, 15) is 8.42 Å². The standard InChI is InChI=1S/C18H23ClN2O4S/c1-21(2)26(22,23)15-7-5-13(6-8-15)11-20-12-14-9-16(19)18(25-4)17(10-14)24-3/h5-10,20H,11-12H2,1-4H3. The van der Waals surface area contributed by atoms with Crippen LogP contribution < -0.4 is 14.8 Å². The molecule has 0 heterocycles. The summed E-state index contributed by atoms with van der Waals surface area (Å²) in [5.74, 6) is 1.09. The van der Waals surface area contributed by atoms with Crippen molar-refractivity contribution in [2.24, 2.45) is 0 Å². The van der Waals surface area contributed by atoms with Crippen LogP contribution in [0.3, 0.4) is 0 Å². The Hall–Kier alpha value is -1.80. The van der Waals surface area contributed by atoms with Gasteiger partial charge in [0.2, 0.25) is 10.0 Å². The van der Waals surface area contributed by atoms with Crippen molar-refractivity contribution in [2.45, 2.75) is 18.0 Å². The van der Waals surface area contributed by atoms with Crippen LogP contribution in [-0.4, -0.2) is 41.0 Å². The lowest BCUT2D eigenvalue weighted by Crippen LogP contribution is -2.22. The zero-order valence-electron chi connectivity index (χ0n) is 15.2. The second-order valence-corrected chi connectivity index (χ2v) is 8.41. The Morgan fingerprint density at radius 2 is 1.62 bits per heavy atom. The number of sulfonamides is 1. The molecule has 26 heavy (non-hydrogen) atoms. The maximum absolute atomic E-state index is 12.1. The lowest BCUT2D eigenvalue weighted by atomic mass is 10.2. The van der Waals surface area contributed by atoms with E-state index in [-0.39, 0.29) is 4.90 Å². The maximum Gasteiger partial charge on any atom is 0.242 e. The molecule has 2 rings (SSSR count). The topological polar surface area (TPSA) is 67.9 Å². The molecule has 0 unspecified atom stereocenters. The normalized spacial score (nSPS) is 11.6. The van der Waals surface area contributed by atoms with E-state index in [0.717, 1.165) is 11.1 Å². The van der Waals surface area contributed by atoms with Gasteiger partial charge in [0.05, 0.1) is 24.1 Å². The zero-order chi connectivity index (χ0) is 19.3. The second-order valence-electron chi connectivity index (χ2n) is 5.85. The van der Waals surface area contributed by atoms with Crippen molar-refractivity contribution >= 4 is 21.6 Å². The quantitative estimate of drug-likeness (QED) is 0.740. The molecule has 8 heteroatoms. The molecule has 0 saturated heterocycles. The third kappa shape index (κ3) is 4.67. The van der Waals surface area contributed by atoms with Gasteiger partial charge in [-0.15, -0.1) is 0 Å². The average Bonchev–Trinajstić information content (AvgIpc) is 2.61. The van der Waals surface area contributed by atoms with Gasteiger partial charge in [-0.2, -0.15) is 0 Å². The van der Waals surface area contributed by atoms with Crippen LogP contribution in [0.2, 0.25) is 5.02 Å². The van der Waals surface area contributed by atoms with Crippen molar-refractivity contribution in [3.05, 3.63) is 52.5 Å². The highest BCUT2D eigenvalue weighted by molar-refractivity contribution is 7.89. The van der Waals surface area contributed by atoms with E-state index in [1.54, 1.807) is 38.5 Å². The summed E-state index contributed by atoms with van der Waals surface area (Å²) in [4.78, 5) is 0.276. The van der Waals surface area contributed by atoms with Crippen LogP contribution in [0.25, 0.3) is 0 Å². The van der Waals surface area contributed by atoms with Gasteiger partial charge >= 0.3 is 0 Å². The molecule has 2 aromatic rings. The molecule has 0 amide bonds. The molecule has 142 valence electrons. The van der Waals surface area contributed by atoms with E-state index in [1.165, 1.54) is 18.4 Å². The van der Waals surface area contributed by atoms with Gasteiger partial charge in [0.25, 0.3) is 0 Å². The van der Waals surface area contributed by atoms with Crippen LogP contribution >= 0.6 is 11.6 Å². The van der Waals surface area contributed by atoms with Crippen molar-refractivity contribution < 1.29 is 17.9 Å². The largest absolute Gasteiger partial charge is 0.493 e. The first-order chi connectivity index (χ1) is 12.3. The van der Waals surface area contributed by atoms with Gasteiger partial charge in [0.15, 0.2) is 11.5 Å². The highest BCUT2D eigenvalue weighted by atomic mass is 35.5. The van der Waals surface area contributed by atoms with E-state index in [1.807, 2.05) is 12.1 Å². The predicted molar refractivity (Wildman–Crippen MR) is 102 cm³/mol. The summed E-state index contributed by atoms with van der Waals surface area (Å²) >= 11 is 6.20. The van der Waals surface area contributed by atoms with E-state index < -0.39 is 10.0 Å². The van der Waals surface area contributed by atoms with E-state index >= 15 is 0 Å². The van der Waals surface area contributed by atoms with E-state index in [2.05, 4.69) is 5.32 Å². The third-order valence-corrected chi connectivity index (χ3v) is 5.96. The van der Waals surface area contributed by atoms with Gasteiger partial charge in [-0.3, -0.25) is 0 Å². The molecule has 0 atom stereocenters. The molecule has 0 radical (unpaired) electrons. The average molecular weight is 399 g/mol. The Morgan fingerprint density at radius 3 is 2.15 bits per heavy atom.